The summed E-state index contributed by atoms with van der Waals surface area (Å²) in [4.78, 5) is 40.9. The van der Waals surface area contributed by atoms with Crippen LogP contribution in [0.25, 0.3) is 0 Å². The molecule has 0 aromatic heterocycles. The van der Waals surface area contributed by atoms with E-state index in [0.717, 1.165) is 25.3 Å². The lowest BCUT2D eigenvalue weighted by atomic mass is 10.0. The molecule has 1 fully saturated rings. The zero-order valence-corrected chi connectivity index (χ0v) is 17.7. The van der Waals surface area contributed by atoms with Crippen molar-refractivity contribution in [2.24, 2.45) is 0 Å². The van der Waals surface area contributed by atoms with Crippen molar-refractivity contribution in [3.63, 3.8) is 0 Å². The van der Waals surface area contributed by atoms with Gasteiger partial charge in [0.2, 0.25) is 0 Å². The van der Waals surface area contributed by atoms with Crippen molar-refractivity contribution in [1.29, 1.82) is 0 Å². The third-order valence-electron chi connectivity index (χ3n) is 5.56. The first-order valence-corrected chi connectivity index (χ1v) is 10.5. The van der Waals surface area contributed by atoms with Gasteiger partial charge in [-0.2, -0.15) is 0 Å². The van der Waals surface area contributed by atoms with Crippen molar-refractivity contribution >= 4 is 40.7 Å². The van der Waals surface area contributed by atoms with Gasteiger partial charge in [0.05, 0.1) is 5.69 Å². The molecular formula is C23H21ClFN3O3. The predicted molar refractivity (Wildman–Crippen MR) is 116 cm³/mol. The van der Waals surface area contributed by atoms with Gasteiger partial charge in [0.15, 0.2) is 0 Å². The first kappa shape index (κ1) is 21.1. The molecule has 3 amide bonds. The maximum absolute atomic E-state index is 14.1. The molecule has 1 saturated heterocycles. The molecule has 2 aromatic carbocycles. The molecule has 6 nitrogen and oxygen atoms in total. The van der Waals surface area contributed by atoms with Crippen LogP contribution in [-0.2, 0) is 9.59 Å². The summed E-state index contributed by atoms with van der Waals surface area (Å²) >= 11 is 6.12. The number of nitrogens with one attached hydrogen (secondary N) is 1. The molecule has 4 rings (SSSR count). The molecule has 1 N–H and O–H groups in total. The Hall–Kier alpha value is -3.19. The first-order chi connectivity index (χ1) is 14.9. The Labute approximate surface area is 184 Å². The van der Waals surface area contributed by atoms with Gasteiger partial charge < -0.3 is 10.2 Å². The van der Waals surface area contributed by atoms with Gasteiger partial charge in [-0.3, -0.25) is 14.4 Å². The van der Waals surface area contributed by atoms with Crippen LogP contribution < -0.4 is 10.2 Å². The standard InChI is InChI=1S/C23H21ClFN3O3/c1-14-7-4-5-12-27(14)21(29)15-8-6-9-16(13-15)26-20-19(24)22(30)28(23(20)31)18-11-3-2-10-17(18)25/h2-3,6,8-11,13-14,26H,4-5,7,12H2,1H3. The maximum Gasteiger partial charge on any atom is 0.283 e. The number of amides is 3. The van der Waals surface area contributed by atoms with Gasteiger partial charge in [0.25, 0.3) is 17.7 Å². The second-order valence-electron chi connectivity index (χ2n) is 7.64. The predicted octanol–water partition coefficient (Wildman–Crippen LogP) is 4.28. The zero-order valence-electron chi connectivity index (χ0n) is 16.9. The minimum absolute atomic E-state index is 0.0854. The topological polar surface area (TPSA) is 69.7 Å². The highest BCUT2D eigenvalue weighted by Gasteiger charge is 2.40. The van der Waals surface area contributed by atoms with Crippen LogP contribution in [0.4, 0.5) is 15.8 Å². The van der Waals surface area contributed by atoms with Crippen LogP contribution in [0.3, 0.4) is 0 Å². The summed E-state index contributed by atoms with van der Waals surface area (Å²) < 4.78 is 14.1. The van der Waals surface area contributed by atoms with E-state index in [9.17, 15) is 18.8 Å². The molecule has 0 saturated carbocycles. The van der Waals surface area contributed by atoms with Gasteiger partial charge in [0, 0.05) is 23.8 Å². The van der Waals surface area contributed by atoms with Crippen LogP contribution in [0.1, 0.15) is 36.5 Å². The fourth-order valence-electron chi connectivity index (χ4n) is 3.90. The number of anilines is 2. The number of carbonyl (C=O) groups is 3. The van der Waals surface area contributed by atoms with E-state index in [1.54, 1.807) is 24.3 Å². The van der Waals surface area contributed by atoms with Crippen molar-refractivity contribution < 1.29 is 18.8 Å². The molecule has 31 heavy (non-hydrogen) atoms. The molecule has 0 bridgehead atoms. The van der Waals surface area contributed by atoms with Crippen molar-refractivity contribution in [1.82, 2.24) is 4.90 Å². The van der Waals surface area contributed by atoms with E-state index in [1.807, 2.05) is 11.8 Å². The zero-order chi connectivity index (χ0) is 22.1. The van der Waals surface area contributed by atoms with Crippen LogP contribution >= 0.6 is 11.6 Å². The van der Waals surface area contributed by atoms with Crippen LogP contribution in [-0.4, -0.2) is 35.2 Å². The van der Waals surface area contributed by atoms with Gasteiger partial charge >= 0.3 is 0 Å². The third-order valence-corrected chi connectivity index (χ3v) is 5.91. The number of nitrogens with zero attached hydrogens (tertiary/aromatic N) is 2. The molecule has 160 valence electrons. The van der Waals surface area contributed by atoms with Crippen LogP contribution in [0.15, 0.2) is 59.3 Å². The lowest BCUT2D eigenvalue weighted by Gasteiger charge is -2.33. The van der Waals surface area contributed by atoms with E-state index in [1.165, 1.54) is 18.2 Å². The van der Waals surface area contributed by atoms with Gasteiger partial charge in [-0.1, -0.05) is 29.8 Å². The molecule has 1 atom stereocenters. The average molecular weight is 442 g/mol. The van der Waals surface area contributed by atoms with E-state index in [2.05, 4.69) is 5.32 Å². The number of rotatable bonds is 4. The highest BCUT2D eigenvalue weighted by molar-refractivity contribution is 6.53. The molecular weight excluding hydrogens is 421 g/mol. The summed E-state index contributed by atoms with van der Waals surface area (Å²) in [6, 6.07) is 12.3. The fraction of sp³-hybridized carbons (Fsp3) is 0.261. The minimum Gasteiger partial charge on any atom is -0.350 e. The SMILES string of the molecule is CC1CCCCN1C(=O)c1cccc(NC2=C(Cl)C(=O)N(c3ccccc3F)C2=O)c1. The molecule has 0 radical (unpaired) electrons. The lowest BCUT2D eigenvalue weighted by molar-refractivity contribution is -0.120. The van der Waals surface area contributed by atoms with E-state index in [0.29, 0.717) is 22.7 Å². The van der Waals surface area contributed by atoms with Crippen molar-refractivity contribution in [2.75, 3.05) is 16.8 Å². The minimum atomic E-state index is -0.811. The summed E-state index contributed by atoms with van der Waals surface area (Å²) in [7, 11) is 0. The third kappa shape index (κ3) is 3.93. The Kier molecular flexibility index (Phi) is 5.78. The number of halogens is 2. The molecule has 0 spiro atoms. The number of hydrogen-bond donors (Lipinski definition) is 1. The largest absolute Gasteiger partial charge is 0.350 e. The van der Waals surface area contributed by atoms with E-state index < -0.39 is 17.6 Å². The molecule has 2 aliphatic heterocycles. The number of para-hydroxylation sites is 1. The normalized spacial score (nSPS) is 19.3. The van der Waals surface area contributed by atoms with E-state index >= 15 is 0 Å². The quantitative estimate of drug-likeness (QED) is 0.719. The highest BCUT2D eigenvalue weighted by atomic mass is 35.5. The molecule has 2 aliphatic rings. The Morgan fingerprint density at radius 2 is 1.87 bits per heavy atom. The van der Waals surface area contributed by atoms with Crippen LogP contribution in [0.5, 0.6) is 0 Å². The Morgan fingerprint density at radius 3 is 2.61 bits per heavy atom. The fourth-order valence-corrected chi connectivity index (χ4v) is 4.12. The lowest BCUT2D eigenvalue weighted by Crippen LogP contribution is -2.42. The van der Waals surface area contributed by atoms with Gasteiger partial charge in [-0.05, 0) is 56.5 Å². The molecule has 2 heterocycles. The number of piperidine rings is 1. The summed E-state index contributed by atoms with van der Waals surface area (Å²) in [5, 5.41) is 2.50. The average Bonchev–Trinajstić information content (AvgIpc) is 2.97. The van der Waals surface area contributed by atoms with Crippen molar-refractivity contribution in [3.8, 4) is 0 Å². The first-order valence-electron chi connectivity index (χ1n) is 10.1. The van der Waals surface area contributed by atoms with Crippen LogP contribution in [0, 0.1) is 5.82 Å². The second kappa shape index (κ2) is 8.51. The van der Waals surface area contributed by atoms with Gasteiger partial charge in [-0.25, -0.2) is 9.29 Å². The summed E-state index contributed by atoms with van der Waals surface area (Å²) in [6.45, 7) is 2.74. The summed E-state index contributed by atoms with van der Waals surface area (Å²) in [5.41, 5.74) is 0.569. The van der Waals surface area contributed by atoms with Crippen molar-refractivity contribution in [2.45, 2.75) is 32.2 Å². The molecule has 1 unspecified atom stereocenters. The number of carbonyl (C=O) groups excluding carboxylic acids is 3. The Morgan fingerprint density at radius 1 is 1.10 bits per heavy atom. The Bertz CT molecular complexity index is 1100. The van der Waals surface area contributed by atoms with Crippen LogP contribution in [0.2, 0.25) is 0 Å². The number of imide groups is 1. The summed E-state index contributed by atoms with van der Waals surface area (Å²) in [5.74, 6) is -2.37. The monoisotopic (exact) mass is 441 g/mol. The van der Waals surface area contributed by atoms with Gasteiger partial charge in [-0.15, -0.1) is 0 Å². The van der Waals surface area contributed by atoms with Crippen molar-refractivity contribution in [3.05, 3.63) is 70.6 Å². The summed E-state index contributed by atoms with van der Waals surface area (Å²) in [6.07, 6.45) is 3.04. The molecule has 0 aliphatic carbocycles. The Balaban J connectivity index is 1.57. The number of benzene rings is 2. The number of hydrogen-bond acceptors (Lipinski definition) is 4. The molecule has 2 aromatic rings. The van der Waals surface area contributed by atoms with Gasteiger partial charge in [0.1, 0.15) is 16.5 Å². The highest BCUT2D eigenvalue weighted by Crippen LogP contribution is 2.31. The maximum atomic E-state index is 14.1. The smallest absolute Gasteiger partial charge is 0.283 e. The second-order valence-corrected chi connectivity index (χ2v) is 8.01. The number of likely N-dealkylation sites (tertiary alicyclic amines) is 1. The van der Waals surface area contributed by atoms with E-state index in [-0.39, 0.29) is 28.4 Å². The molecule has 8 heteroatoms. The van der Waals surface area contributed by atoms with E-state index in [4.69, 9.17) is 11.6 Å².